The van der Waals surface area contributed by atoms with E-state index < -0.39 is 10.0 Å². The Labute approximate surface area is 112 Å². The normalized spacial score (nSPS) is 19.6. The van der Waals surface area contributed by atoms with Crippen molar-refractivity contribution < 1.29 is 8.42 Å². The first-order valence-corrected chi connectivity index (χ1v) is 7.28. The Balaban J connectivity index is 2.63. The van der Waals surface area contributed by atoms with Gasteiger partial charge in [0.1, 0.15) is 12.2 Å². The summed E-state index contributed by atoms with van der Waals surface area (Å²) >= 11 is 0. The Kier molecular flexibility index (Phi) is 3.10. The van der Waals surface area contributed by atoms with Crippen LogP contribution in [-0.2, 0) is 10.0 Å². The van der Waals surface area contributed by atoms with Crippen LogP contribution in [0.2, 0.25) is 0 Å². The lowest BCUT2D eigenvalue weighted by Crippen LogP contribution is -2.49. The summed E-state index contributed by atoms with van der Waals surface area (Å²) in [5.74, 6) is 6.02. The molecule has 1 aromatic heterocycles. The van der Waals surface area contributed by atoms with Gasteiger partial charge in [-0.2, -0.15) is 12.8 Å². The fourth-order valence-electron chi connectivity index (χ4n) is 1.64. The zero-order valence-electron chi connectivity index (χ0n) is 11.3. The second-order valence-electron chi connectivity index (χ2n) is 5.57. The molecule has 0 bridgehead atoms. The van der Waals surface area contributed by atoms with Gasteiger partial charge in [-0.1, -0.05) is 27.7 Å². The summed E-state index contributed by atoms with van der Waals surface area (Å²) in [7, 11) is -3.82. The predicted molar refractivity (Wildman–Crippen MR) is 71.0 cm³/mol. The SMILES string of the molecule is CC(C1=Nc2ncncc2S(=O)(=O)N1N)C(C)(C)C. The van der Waals surface area contributed by atoms with Crippen LogP contribution >= 0.6 is 0 Å². The van der Waals surface area contributed by atoms with E-state index in [9.17, 15) is 8.42 Å². The van der Waals surface area contributed by atoms with E-state index in [1.54, 1.807) is 0 Å². The first-order valence-electron chi connectivity index (χ1n) is 5.84. The van der Waals surface area contributed by atoms with Crippen LogP contribution in [0.4, 0.5) is 5.82 Å². The van der Waals surface area contributed by atoms with Crippen LogP contribution in [0, 0.1) is 11.3 Å². The van der Waals surface area contributed by atoms with Crippen LogP contribution < -0.4 is 5.84 Å². The van der Waals surface area contributed by atoms with Crippen LogP contribution in [-0.4, -0.2) is 28.6 Å². The van der Waals surface area contributed by atoms with Gasteiger partial charge >= 0.3 is 0 Å². The molecule has 1 unspecified atom stereocenters. The van der Waals surface area contributed by atoms with Crippen molar-refractivity contribution in [2.75, 3.05) is 0 Å². The van der Waals surface area contributed by atoms with Crippen LogP contribution in [0.25, 0.3) is 0 Å². The van der Waals surface area contributed by atoms with E-state index in [1.807, 2.05) is 27.7 Å². The van der Waals surface area contributed by atoms with Crippen LogP contribution in [0.5, 0.6) is 0 Å². The van der Waals surface area contributed by atoms with Gasteiger partial charge < -0.3 is 0 Å². The summed E-state index contributed by atoms with van der Waals surface area (Å²) < 4.78 is 25.3. The molecule has 104 valence electrons. The third kappa shape index (κ3) is 2.21. The summed E-state index contributed by atoms with van der Waals surface area (Å²) in [4.78, 5) is 11.8. The van der Waals surface area contributed by atoms with E-state index in [-0.39, 0.29) is 22.0 Å². The highest BCUT2D eigenvalue weighted by Crippen LogP contribution is 2.34. The second-order valence-corrected chi connectivity index (χ2v) is 7.35. The molecule has 2 rings (SSSR count). The van der Waals surface area contributed by atoms with Gasteiger partial charge in [-0.05, 0) is 5.41 Å². The number of fused-ring (bicyclic) bond motifs is 1. The molecule has 0 aliphatic carbocycles. The molecule has 0 saturated heterocycles. The van der Waals surface area contributed by atoms with Crippen molar-refractivity contribution in [3.8, 4) is 0 Å². The average Bonchev–Trinajstić information content (AvgIpc) is 2.32. The maximum absolute atomic E-state index is 12.3. The third-order valence-corrected chi connectivity index (χ3v) is 4.88. The molecular weight excluding hydrogens is 266 g/mol. The van der Waals surface area contributed by atoms with E-state index in [2.05, 4.69) is 15.0 Å². The number of aliphatic imine (C=N–C) groups is 1. The number of hydrazine groups is 1. The van der Waals surface area contributed by atoms with Gasteiger partial charge in [0.05, 0.1) is 6.20 Å². The molecule has 1 aliphatic rings. The van der Waals surface area contributed by atoms with Crippen molar-refractivity contribution in [2.45, 2.75) is 32.6 Å². The molecule has 0 radical (unpaired) electrons. The summed E-state index contributed by atoms with van der Waals surface area (Å²) in [6, 6.07) is 0. The molecule has 7 nitrogen and oxygen atoms in total. The van der Waals surface area contributed by atoms with Crippen molar-refractivity contribution in [2.24, 2.45) is 22.2 Å². The quantitative estimate of drug-likeness (QED) is 0.777. The minimum Gasteiger partial charge on any atom is -0.243 e. The first-order chi connectivity index (χ1) is 8.65. The van der Waals surface area contributed by atoms with Crippen molar-refractivity contribution in [3.63, 3.8) is 0 Å². The number of aromatic nitrogens is 2. The Morgan fingerprint density at radius 3 is 2.58 bits per heavy atom. The first kappa shape index (κ1) is 13.9. The summed E-state index contributed by atoms with van der Waals surface area (Å²) in [5, 5.41) is 0. The zero-order chi connectivity index (χ0) is 14.4. The van der Waals surface area contributed by atoms with Crippen molar-refractivity contribution >= 4 is 21.7 Å². The molecule has 1 aliphatic heterocycles. The Bertz CT molecular complexity index is 633. The largest absolute Gasteiger partial charge is 0.284 e. The molecule has 0 fully saturated rings. The van der Waals surface area contributed by atoms with E-state index in [0.717, 1.165) is 4.41 Å². The lowest BCUT2D eigenvalue weighted by molar-refractivity contribution is 0.316. The number of hydrogen-bond acceptors (Lipinski definition) is 6. The molecule has 1 aromatic rings. The van der Waals surface area contributed by atoms with Crippen LogP contribution in [0.15, 0.2) is 22.4 Å². The maximum atomic E-state index is 12.3. The maximum Gasteiger partial charge on any atom is 0.284 e. The summed E-state index contributed by atoms with van der Waals surface area (Å²) in [5.41, 5.74) is -0.170. The highest BCUT2D eigenvalue weighted by atomic mass is 32.2. The fraction of sp³-hybridized carbons (Fsp3) is 0.545. The topological polar surface area (TPSA) is 102 Å². The number of nitrogens with zero attached hydrogens (tertiary/aromatic N) is 4. The smallest absolute Gasteiger partial charge is 0.243 e. The van der Waals surface area contributed by atoms with Gasteiger partial charge in [0, 0.05) is 5.92 Å². The molecule has 2 heterocycles. The minimum atomic E-state index is -3.82. The van der Waals surface area contributed by atoms with E-state index in [1.165, 1.54) is 12.5 Å². The van der Waals surface area contributed by atoms with Gasteiger partial charge in [-0.3, -0.25) is 0 Å². The second kappa shape index (κ2) is 4.24. The Morgan fingerprint density at radius 1 is 1.37 bits per heavy atom. The number of amidine groups is 1. The van der Waals surface area contributed by atoms with Crippen LogP contribution in [0.3, 0.4) is 0 Å². The molecular formula is C11H17N5O2S. The van der Waals surface area contributed by atoms with E-state index >= 15 is 0 Å². The Hall–Kier alpha value is -1.54. The highest BCUT2D eigenvalue weighted by Gasteiger charge is 2.38. The van der Waals surface area contributed by atoms with Gasteiger partial charge in [0.15, 0.2) is 10.7 Å². The number of nitrogens with two attached hydrogens (primary N) is 1. The fourth-order valence-corrected chi connectivity index (χ4v) is 2.82. The van der Waals surface area contributed by atoms with Crippen molar-refractivity contribution in [1.29, 1.82) is 0 Å². The Morgan fingerprint density at radius 2 is 2.00 bits per heavy atom. The summed E-state index contributed by atoms with van der Waals surface area (Å²) in [6.45, 7) is 7.88. The minimum absolute atomic E-state index is 0.0673. The van der Waals surface area contributed by atoms with Gasteiger partial charge in [-0.15, -0.1) is 0 Å². The lowest BCUT2D eigenvalue weighted by atomic mass is 9.81. The third-order valence-electron chi connectivity index (χ3n) is 3.33. The monoisotopic (exact) mass is 283 g/mol. The molecule has 2 N–H and O–H groups in total. The predicted octanol–water partition coefficient (Wildman–Crippen LogP) is 1.07. The number of sulfonamides is 1. The molecule has 19 heavy (non-hydrogen) atoms. The molecule has 0 spiro atoms. The van der Waals surface area contributed by atoms with Gasteiger partial charge in [0.2, 0.25) is 0 Å². The molecule has 0 aromatic carbocycles. The standard InChI is InChI=1S/C11H17N5O2S/c1-7(11(2,3)4)10-15-9-8(5-13-6-14-9)19(17,18)16(10)12/h5-7H,12H2,1-4H3. The summed E-state index contributed by atoms with van der Waals surface area (Å²) in [6.07, 6.45) is 2.48. The lowest BCUT2D eigenvalue weighted by Gasteiger charge is -2.34. The molecule has 1 atom stereocenters. The van der Waals surface area contributed by atoms with Gasteiger partial charge in [0.25, 0.3) is 10.0 Å². The molecule has 8 heteroatoms. The molecule has 0 amide bonds. The van der Waals surface area contributed by atoms with Gasteiger partial charge in [-0.25, -0.2) is 20.8 Å². The van der Waals surface area contributed by atoms with E-state index in [0.29, 0.717) is 5.84 Å². The highest BCUT2D eigenvalue weighted by molar-refractivity contribution is 7.89. The molecule has 0 saturated carbocycles. The number of rotatable bonds is 1. The van der Waals surface area contributed by atoms with Crippen molar-refractivity contribution in [3.05, 3.63) is 12.5 Å². The average molecular weight is 283 g/mol. The number of hydrogen-bond donors (Lipinski definition) is 1. The van der Waals surface area contributed by atoms with Crippen molar-refractivity contribution in [1.82, 2.24) is 14.4 Å². The van der Waals surface area contributed by atoms with Crippen LogP contribution in [0.1, 0.15) is 27.7 Å². The van der Waals surface area contributed by atoms with E-state index in [4.69, 9.17) is 5.84 Å². The zero-order valence-corrected chi connectivity index (χ0v) is 12.1.